The van der Waals surface area contributed by atoms with Gasteiger partial charge in [0.05, 0.1) is 14.2 Å². The minimum Gasteiger partial charge on any atom is -0.496 e. The van der Waals surface area contributed by atoms with Crippen LogP contribution in [0.2, 0.25) is 0 Å². The number of methoxy groups -OCH3 is 2. The highest BCUT2D eigenvalue weighted by molar-refractivity contribution is 5.49. The summed E-state index contributed by atoms with van der Waals surface area (Å²) in [5.41, 5.74) is 7.79. The number of ether oxygens (including phenoxy) is 2. The number of likely N-dealkylation sites (N-methyl/N-ethyl adjacent to an activating group) is 1. The van der Waals surface area contributed by atoms with Crippen LogP contribution in [0.25, 0.3) is 0 Å². The van der Waals surface area contributed by atoms with E-state index in [0.717, 1.165) is 30.0 Å². The first-order valence-electron chi connectivity index (χ1n) is 5.73. The van der Waals surface area contributed by atoms with Crippen molar-refractivity contribution in [3.05, 3.63) is 23.3 Å². The summed E-state index contributed by atoms with van der Waals surface area (Å²) in [4.78, 5) is 2.07. The van der Waals surface area contributed by atoms with Gasteiger partial charge in [0, 0.05) is 18.8 Å². The van der Waals surface area contributed by atoms with E-state index in [9.17, 15) is 0 Å². The molecule has 0 spiro atoms. The third kappa shape index (κ3) is 3.35. The first-order chi connectivity index (χ1) is 8.13. The summed E-state index contributed by atoms with van der Waals surface area (Å²) in [7, 11) is 5.37. The van der Waals surface area contributed by atoms with Gasteiger partial charge in [-0.05, 0) is 32.0 Å². The first-order valence-corrected chi connectivity index (χ1v) is 5.73. The minimum atomic E-state index is 0.567. The quantitative estimate of drug-likeness (QED) is 0.761. The minimum absolute atomic E-state index is 0.567. The van der Waals surface area contributed by atoms with E-state index in [-0.39, 0.29) is 0 Å². The molecule has 1 aromatic rings. The predicted molar refractivity (Wildman–Crippen MR) is 69.7 cm³/mol. The molecular weight excluding hydrogens is 216 g/mol. The van der Waals surface area contributed by atoms with E-state index in [2.05, 4.69) is 11.0 Å². The number of hydrogen-bond donors (Lipinski definition) is 1. The van der Waals surface area contributed by atoms with Crippen LogP contribution >= 0.6 is 0 Å². The Balaban J connectivity index is 2.88. The summed E-state index contributed by atoms with van der Waals surface area (Å²) < 4.78 is 10.7. The smallest absolute Gasteiger partial charge is 0.128 e. The summed E-state index contributed by atoms with van der Waals surface area (Å²) in [6, 6.07) is 4.03. The molecule has 0 amide bonds. The van der Waals surface area contributed by atoms with E-state index in [4.69, 9.17) is 15.2 Å². The fraction of sp³-hybridized carbons (Fsp3) is 0.538. The molecule has 1 aromatic carbocycles. The molecule has 17 heavy (non-hydrogen) atoms. The van der Waals surface area contributed by atoms with Gasteiger partial charge in [-0.3, -0.25) is 4.90 Å². The van der Waals surface area contributed by atoms with Crippen LogP contribution in [0.1, 0.15) is 11.1 Å². The van der Waals surface area contributed by atoms with Crippen molar-refractivity contribution in [1.82, 2.24) is 4.90 Å². The zero-order chi connectivity index (χ0) is 12.8. The van der Waals surface area contributed by atoms with E-state index in [1.165, 1.54) is 5.56 Å². The van der Waals surface area contributed by atoms with Gasteiger partial charge in [0.25, 0.3) is 0 Å². The van der Waals surface area contributed by atoms with Crippen LogP contribution in [0.3, 0.4) is 0 Å². The van der Waals surface area contributed by atoms with Crippen molar-refractivity contribution in [2.45, 2.75) is 13.3 Å². The molecule has 0 fully saturated rings. The second-order valence-electron chi connectivity index (χ2n) is 4.10. The van der Waals surface area contributed by atoms with Crippen molar-refractivity contribution in [2.75, 3.05) is 34.5 Å². The topological polar surface area (TPSA) is 47.7 Å². The molecule has 0 aromatic heterocycles. The molecule has 0 saturated heterocycles. The van der Waals surface area contributed by atoms with E-state index in [0.29, 0.717) is 6.67 Å². The Bertz CT molecular complexity index is 367. The molecule has 1 rings (SSSR count). The zero-order valence-electron chi connectivity index (χ0n) is 11.1. The second-order valence-corrected chi connectivity index (χ2v) is 4.10. The zero-order valence-corrected chi connectivity index (χ0v) is 11.1. The average Bonchev–Trinajstić information content (AvgIpc) is 2.35. The molecule has 96 valence electrons. The lowest BCUT2D eigenvalue weighted by Gasteiger charge is -2.17. The van der Waals surface area contributed by atoms with Gasteiger partial charge in [0.15, 0.2) is 0 Å². The molecule has 0 aliphatic rings. The fourth-order valence-electron chi connectivity index (χ4n) is 1.83. The van der Waals surface area contributed by atoms with Crippen molar-refractivity contribution in [1.29, 1.82) is 0 Å². The summed E-state index contributed by atoms with van der Waals surface area (Å²) in [5.74, 6) is 1.77. The van der Waals surface area contributed by atoms with Crippen molar-refractivity contribution in [3.63, 3.8) is 0 Å². The number of rotatable bonds is 6. The van der Waals surface area contributed by atoms with Crippen LogP contribution in [-0.2, 0) is 6.42 Å². The Morgan fingerprint density at radius 2 is 1.94 bits per heavy atom. The lowest BCUT2D eigenvalue weighted by atomic mass is 10.1. The molecule has 0 bridgehead atoms. The SMILES string of the molecule is COc1ccc(CCN(C)CN)c(OC)c1C. The molecule has 2 N–H and O–H groups in total. The van der Waals surface area contributed by atoms with Crippen molar-refractivity contribution in [3.8, 4) is 11.5 Å². The monoisotopic (exact) mass is 238 g/mol. The Morgan fingerprint density at radius 3 is 2.47 bits per heavy atom. The highest BCUT2D eigenvalue weighted by Crippen LogP contribution is 2.31. The number of nitrogens with two attached hydrogens (primary N) is 1. The van der Waals surface area contributed by atoms with Gasteiger partial charge >= 0.3 is 0 Å². The van der Waals surface area contributed by atoms with E-state index >= 15 is 0 Å². The molecule has 0 heterocycles. The predicted octanol–water partition coefficient (Wildman–Crippen LogP) is 1.40. The summed E-state index contributed by atoms with van der Waals surface area (Å²) >= 11 is 0. The molecule has 4 heteroatoms. The van der Waals surface area contributed by atoms with Crippen molar-refractivity contribution in [2.24, 2.45) is 5.73 Å². The molecule has 0 saturated carbocycles. The second kappa shape index (κ2) is 6.47. The summed E-state index contributed by atoms with van der Waals surface area (Å²) in [6.07, 6.45) is 0.918. The first kappa shape index (κ1) is 13.8. The van der Waals surface area contributed by atoms with Gasteiger partial charge in [-0.15, -0.1) is 0 Å². The van der Waals surface area contributed by atoms with Gasteiger partial charge in [-0.2, -0.15) is 0 Å². The normalized spacial score (nSPS) is 10.7. The van der Waals surface area contributed by atoms with E-state index in [1.54, 1.807) is 14.2 Å². The average molecular weight is 238 g/mol. The third-order valence-corrected chi connectivity index (χ3v) is 2.94. The molecular formula is C13H22N2O2. The Kier molecular flexibility index (Phi) is 5.25. The summed E-state index contributed by atoms with van der Waals surface area (Å²) in [5, 5.41) is 0. The molecule has 0 radical (unpaired) electrons. The molecule has 0 aliphatic heterocycles. The Labute approximate surface area is 103 Å². The molecule has 0 aliphatic carbocycles. The fourth-order valence-corrected chi connectivity index (χ4v) is 1.83. The maximum atomic E-state index is 5.56. The number of benzene rings is 1. The van der Waals surface area contributed by atoms with Crippen molar-refractivity contribution >= 4 is 0 Å². The van der Waals surface area contributed by atoms with E-state index < -0.39 is 0 Å². The highest BCUT2D eigenvalue weighted by atomic mass is 16.5. The molecule has 0 unspecified atom stereocenters. The van der Waals surface area contributed by atoms with Crippen LogP contribution in [-0.4, -0.2) is 39.4 Å². The highest BCUT2D eigenvalue weighted by Gasteiger charge is 2.11. The Morgan fingerprint density at radius 1 is 1.24 bits per heavy atom. The van der Waals surface area contributed by atoms with Crippen molar-refractivity contribution < 1.29 is 9.47 Å². The van der Waals surface area contributed by atoms with Gasteiger partial charge in [-0.25, -0.2) is 0 Å². The van der Waals surface area contributed by atoms with Crippen LogP contribution in [0, 0.1) is 6.92 Å². The lowest BCUT2D eigenvalue weighted by molar-refractivity contribution is 0.343. The molecule has 0 atom stereocenters. The van der Waals surface area contributed by atoms with Crippen LogP contribution in [0.15, 0.2) is 12.1 Å². The number of hydrogen-bond acceptors (Lipinski definition) is 4. The van der Waals surface area contributed by atoms with Gasteiger partial charge in [-0.1, -0.05) is 6.07 Å². The lowest BCUT2D eigenvalue weighted by Crippen LogP contribution is -2.27. The van der Waals surface area contributed by atoms with Gasteiger partial charge in [0.1, 0.15) is 11.5 Å². The largest absolute Gasteiger partial charge is 0.496 e. The van der Waals surface area contributed by atoms with Gasteiger partial charge < -0.3 is 15.2 Å². The summed E-state index contributed by atoms with van der Waals surface area (Å²) in [6.45, 7) is 3.49. The number of nitrogens with zero attached hydrogens (tertiary/aromatic N) is 1. The maximum Gasteiger partial charge on any atom is 0.128 e. The Hall–Kier alpha value is -1.26. The maximum absolute atomic E-state index is 5.56. The third-order valence-electron chi connectivity index (χ3n) is 2.94. The van der Waals surface area contributed by atoms with E-state index in [1.807, 2.05) is 20.0 Å². The van der Waals surface area contributed by atoms with Crippen LogP contribution < -0.4 is 15.2 Å². The standard InChI is InChI=1S/C13H22N2O2/c1-10-12(16-3)6-5-11(13(10)17-4)7-8-15(2)9-14/h5-6H,7-9,14H2,1-4H3. The molecule has 4 nitrogen and oxygen atoms in total. The van der Waals surface area contributed by atoms with Crippen LogP contribution in [0.5, 0.6) is 11.5 Å². The van der Waals surface area contributed by atoms with Crippen LogP contribution in [0.4, 0.5) is 0 Å². The van der Waals surface area contributed by atoms with Gasteiger partial charge in [0.2, 0.25) is 0 Å².